The minimum absolute atomic E-state index is 0.0314. The van der Waals surface area contributed by atoms with Crippen molar-refractivity contribution in [2.75, 3.05) is 0 Å². The Kier molecular flexibility index (Phi) is 4.30. The van der Waals surface area contributed by atoms with Crippen LogP contribution in [0.4, 0.5) is 8.78 Å². The molecule has 1 aliphatic heterocycles. The largest absolute Gasteiger partial charge is 0.505 e. The van der Waals surface area contributed by atoms with Gasteiger partial charge in [0.15, 0.2) is 23.1 Å². The molecule has 152 valence electrons. The molecular weight excluding hydrogens is 402 g/mol. The summed E-state index contributed by atoms with van der Waals surface area (Å²) in [6, 6.07) is 7.18. The van der Waals surface area contributed by atoms with Gasteiger partial charge in [0, 0.05) is 29.2 Å². The lowest BCUT2D eigenvalue weighted by atomic mass is 9.80. The molecule has 0 saturated heterocycles. The first-order chi connectivity index (χ1) is 14.2. The van der Waals surface area contributed by atoms with Crippen molar-refractivity contribution in [2.24, 2.45) is 0 Å². The summed E-state index contributed by atoms with van der Waals surface area (Å²) in [6.07, 6.45) is 0. The van der Waals surface area contributed by atoms with Gasteiger partial charge in [-0.05, 0) is 29.8 Å². The number of hydrogen-bond donors (Lipinski definition) is 4. The molecule has 0 bridgehead atoms. The molecule has 0 aliphatic carbocycles. The van der Waals surface area contributed by atoms with E-state index >= 15 is 0 Å². The van der Waals surface area contributed by atoms with Gasteiger partial charge in [-0.1, -0.05) is 6.07 Å². The fourth-order valence-corrected chi connectivity index (χ4v) is 3.49. The van der Waals surface area contributed by atoms with Crippen molar-refractivity contribution in [3.05, 3.63) is 81.9 Å². The quantitative estimate of drug-likeness (QED) is 0.399. The number of phenols is 2. The molecule has 1 heterocycles. The van der Waals surface area contributed by atoms with Gasteiger partial charge in [0.2, 0.25) is 0 Å². The molecule has 0 aromatic heterocycles. The number of carboxylic acids is 2. The molecule has 0 unspecified atom stereocenters. The molecule has 4 N–H and O–H groups in total. The first kappa shape index (κ1) is 19.2. The van der Waals surface area contributed by atoms with E-state index < -0.39 is 41.0 Å². The maximum atomic E-state index is 14.1. The maximum absolute atomic E-state index is 14.1. The highest BCUT2D eigenvalue weighted by molar-refractivity contribution is 5.95. The lowest BCUT2D eigenvalue weighted by molar-refractivity contribution is 0.0695. The Balaban J connectivity index is 2.05. The number of aromatic hydroxyl groups is 2. The van der Waals surface area contributed by atoms with Crippen LogP contribution in [0.2, 0.25) is 0 Å². The molecule has 0 atom stereocenters. The van der Waals surface area contributed by atoms with Gasteiger partial charge in [-0.2, -0.15) is 0 Å². The van der Waals surface area contributed by atoms with Crippen LogP contribution in [0, 0.1) is 11.6 Å². The standard InChI is InChI=1S/C21H12F2O7/c22-13-4-11-17(6-15(13)24)30-18-7-16(25)14(23)5-12(18)19(11)9-2-1-8(20(26)27)3-10(9)21(28)29/h1-7,19,24-25H,(H,26,27)(H,28,29). The van der Waals surface area contributed by atoms with E-state index in [0.29, 0.717) is 0 Å². The van der Waals surface area contributed by atoms with Crippen LogP contribution in [-0.4, -0.2) is 32.4 Å². The van der Waals surface area contributed by atoms with Gasteiger partial charge in [-0.3, -0.25) is 0 Å². The zero-order valence-corrected chi connectivity index (χ0v) is 14.9. The van der Waals surface area contributed by atoms with E-state index in [1.54, 1.807) is 0 Å². The summed E-state index contributed by atoms with van der Waals surface area (Å²) < 4.78 is 33.8. The summed E-state index contributed by atoms with van der Waals surface area (Å²) in [7, 11) is 0. The van der Waals surface area contributed by atoms with E-state index in [1.165, 1.54) is 12.1 Å². The van der Waals surface area contributed by atoms with Gasteiger partial charge in [0.1, 0.15) is 11.5 Å². The van der Waals surface area contributed by atoms with Crippen molar-refractivity contribution in [2.45, 2.75) is 5.92 Å². The Morgan fingerprint density at radius 2 is 1.30 bits per heavy atom. The lowest BCUT2D eigenvalue weighted by Gasteiger charge is -2.30. The topological polar surface area (TPSA) is 124 Å². The number of hydrogen-bond acceptors (Lipinski definition) is 5. The average molecular weight is 414 g/mol. The van der Waals surface area contributed by atoms with Gasteiger partial charge in [-0.25, -0.2) is 18.4 Å². The molecule has 3 aromatic rings. The highest BCUT2D eigenvalue weighted by Crippen LogP contribution is 2.50. The normalized spacial score (nSPS) is 12.6. The number of ether oxygens (including phenoxy) is 1. The predicted octanol–water partition coefficient (Wildman–Crippen LogP) is 4.06. The molecule has 9 heteroatoms. The van der Waals surface area contributed by atoms with Gasteiger partial charge in [0.05, 0.1) is 11.1 Å². The number of benzene rings is 3. The second kappa shape index (κ2) is 6.73. The second-order valence-electron chi connectivity index (χ2n) is 6.63. The van der Waals surface area contributed by atoms with Gasteiger partial charge in [-0.15, -0.1) is 0 Å². The first-order valence-electron chi connectivity index (χ1n) is 8.50. The Morgan fingerprint density at radius 1 is 0.767 bits per heavy atom. The first-order valence-corrected chi connectivity index (χ1v) is 8.50. The van der Waals surface area contributed by atoms with E-state index in [1.807, 2.05) is 0 Å². The summed E-state index contributed by atoms with van der Waals surface area (Å²) in [5.74, 6) is -7.39. The summed E-state index contributed by atoms with van der Waals surface area (Å²) in [6.45, 7) is 0. The molecule has 4 rings (SSSR count). The van der Waals surface area contributed by atoms with Crippen molar-refractivity contribution in [3.8, 4) is 23.0 Å². The summed E-state index contributed by atoms with van der Waals surface area (Å²) in [5.41, 5.74) is -0.437. The Labute approximate surface area is 167 Å². The molecule has 0 fully saturated rings. The van der Waals surface area contributed by atoms with E-state index in [0.717, 1.165) is 30.3 Å². The summed E-state index contributed by atoms with van der Waals surface area (Å²) >= 11 is 0. The van der Waals surface area contributed by atoms with Crippen LogP contribution in [0.25, 0.3) is 0 Å². The third-order valence-corrected chi connectivity index (χ3v) is 4.84. The van der Waals surface area contributed by atoms with E-state index in [9.17, 15) is 38.8 Å². The molecule has 7 nitrogen and oxygen atoms in total. The maximum Gasteiger partial charge on any atom is 0.336 e. The molecular formula is C21H12F2O7. The van der Waals surface area contributed by atoms with Crippen LogP contribution in [0.5, 0.6) is 23.0 Å². The lowest BCUT2D eigenvalue weighted by Crippen LogP contribution is -2.16. The smallest absolute Gasteiger partial charge is 0.336 e. The van der Waals surface area contributed by atoms with Crippen molar-refractivity contribution < 1.29 is 43.5 Å². The van der Waals surface area contributed by atoms with Crippen LogP contribution in [0.1, 0.15) is 43.3 Å². The molecule has 30 heavy (non-hydrogen) atoms. The number of phenolic OH excluding ortho intramolecular Hbond substituents is 2. The fraction of sp³-hybridized carbons (Fsp3) is 0.0476. The minimum atomic E-state index is -1.44. The third-order valence-electron chi connectivity index (χ3n) is 4.84. The van der Waals surface area contributed by atoms with Gasteiger partial charge in [0.25, 0.3) is 0 Å². The van der Waals surface area contributed by atoms with E-state index in [4.69, 9.17) is 4.74 Å². The number of aromatic carboxylic acids is 2. The van der Waals surface area contributed by atoms with Crippen molar-refractivity contribution in [1.82, 2.24) is 0 Å². The van der Waals surface area contributed by atoms with Crippen LogP contribution in [0.15, 0.2) is 42.5 Å². The van der Waals surface area contributed by atoms with Crippen LogP contribution >= 0.6 is 0 Å². The second-order valence-corrected chi connectivity index (χ2v) is 6.63. The summed E-state index contributed by atoms with van der Waals surface area (Å²) in [4.78, 5) is 23.1. The van der Waals surface area contributed by atoms with E-state index in [2.05, 4.69) is 0 Å². The van der Waals surface area contributed by atoms with Crippen molar-refractivity contribution in [1.29, 1.82) is 0 Å². The number of carboxylic acid groups (broad SMARTS) is 2. The Hall–Kier alpha value is -4.14. The number of halogens is 2. The Morgan fingerprint density at radius 3 is 1.77 bits per heavy atom. The third kappa shape index (κ3) is 2.96. The monoisotopic (exact) mass is 414 g/mol. The van der Waals surface area contributed by atoms with Gasteiger partial charge < -0.3 is 25.2 Å². The average Bonchev–Trinajstić information content (AvgIpc) is 2.68. The molecule has 3 aromatic carbocycles. The molecule has 0 spiro atoms. The zero-order chi connectivity index (χ0) is 21.7. The molecule has 0 saturated carbocycles. The molecule has 0 amide bonds. The fourth-order valence-electron chi connectivity index (χ4n) is 3.49. The SMILES string of the molecule is O=C(O)c1ccc(C2c3cc(F)c(O)cc3Oc3cc(O)c(F)cc32)c(C(=O)O)c1. The van der Waals surface area contributed by atoms with Crippen LogP contribution in [0.3, 0.4) is 0 Å². The Bertz CT molecular complexity index is 1180. The highest BCUT2D eigenvalue weighted by Gasteiger charge is 2.34. The minimum Gasteiger partial charge on any atom is -0.505 e. The predicted molar refractivity (Wildman–Crippen MR) is 97.5 cm³/mol. The van der Waals surface area contributed by atoms with Crippen molar-refractivity contribution in [3.63, 3.8) is 0 Å². The van der Waals surface area contributed by atoms with Crippen LogP contribution < -0.4 is 4.74 Å². The number of rotatable bonds is 3. The number of fused-ring (bicyclic) bond motifs is 2. The zero-order valence-electron chi connectivity index (χ0n) is 14.9. The highest BCUT2D eigenvalue weighted by atomic mass is 19.1. The number of carbonyl (C=O) groups is 2. The van der Waals surface area contributed by atoms with Crippen molar-refractivity contribution >= 4 is 11.9 Å². The molecule has 0 radical (unpaired) electrons. The van der Waals surface area contributed by atoms with Gasteiger partial charge >= 0.3 is 11.9 Å². The summed E-state index contributed by atoms with van der Waals surface area (Å²) in [5, 5.41) is 38.2. The van der Waals surface area contributed by atoms with Crippen LogP contribution in [-0.2, 0) is 0 Å². The molecule has 1 aliphatic rings. The van der Waals surface area contributed by atoms with E-state index in [-0.39, 0.29) is 39.3 Å².